The van der Waals surface area contributed by atoms with Gasteiger partial charge in [-0.15, -0.1) is 6.58 Å². The van der Waals surface area contributed by atoms with Crippen molar-refractivity contribution in [1.82, 2.24) is 10.2 Å². The highest BCUT2D eigenvalue weighted by Gasteiger charge is 2.14. The number of rotatable bonds is 8. The number of carboxylic acid groups (broad SMARTS) is 1. The summed E-state index contributed by atoms with van der Waals surface area (Å²) >= 11 is 0. The maximum absolute atomic E-state index is 11.6. The lowest BCUT2D eigenvalue weighted by molar-refractivity contribution is -0.146. The third-order valence-corrected chi connectivity index (χ3v) is 2.11. The van der Waals surface area contributed by atoms with Gasteiger partial charge in [0.05, 0.1) is 0 Å². The summed E-state index contributed by atoms with van der Waals surface area (Å²) in [5.74, 6) is -1.28. The zero-order chi connectivity index (χ0) is 13.3. The van der Waals surface area contributed by atoms with Gasteiger partial charge in [0.15, 0.2) is 6.10 Å². The van der Waals surface area contributed by atoms with Crippen molar-refractivity contribution in [3.63, 3.8) is 0 Å². The molecule has 17 heavy (non-hydrogen) atoms. The molecule has 0 aromatic rings. The molecule has 1 atom stereocenters. The molecule has 1 unspecified atom stereocenters. The second kappa shape index (κ2) is 8.58. The van der Waals surface area contributed by atoms with Crippen LogP contribution in [0.2, 0.25) is 0 Å². The Kier molecular flexibility index (Phi) is 7.79. The van der Waals surface area contributed by atoms with Gasteiger partial charge in [-0.05, 0) is 6.42 Å². The Labute approximate surface area is 101 Å². The molecule has 0 rings (SSSR count). The van der Waals surface area contributed by atoms with Gasteiger partial charge in [0.25, 0.3) is 0 Å². The molecule has 0 aliphatic carbocycles. The summed E-state index contributed by atoms with van der Waals surface area (Å²) in [7, 11) is 0. The molecule has 0 radical (unpaired) electrons. The summed E-state index contributed by atoms with van der Waals surface area (Å²) in [6.45, 7) is 6.70. The first kappa shape index (κ1) is 15.4. The predicted molar refractivity (Wildman–Crippen MR) is 63.7 cm³/mol. The molecular weight excluding hydrogens is 224 g/mol. The van der Waals surface area contributed by atoms with E-state index in [1.807, 2.05) is 6.92 Å². The van der Waals surface area contributed by atoms with Gasteiger partial charge in [0.2, 0.25) is 0 Å². The van der Waals surface area contributed by atoms with Crippen LogP contribution in [0.3, 0.4) is 0 Å². The maximum Gasteiger partial charge on any atom is 0.332 e. The van der Waals surface area contributed by atoms with Crippen LogP contribution in [-0.4, -0.2) is 52.9 Å². The molecule has 6 heteroatoms. The molecule has 0 aromatic heterocycles. The van der Waals surface area contributed by atoms with E-state index in [2.05, 4.69) is 11.9 Å². The first-order valence-corrected chi connectivity index (χ1v) is 5.57. The number of hydrogen-bond acceptors (Lipinski definition) is 3. The molecule has 0 heterocycles. The molecule has 0 aliphatic rings. The largest absolute Gasteiger partial charge is 0.479 e. The topological polar surface area (TPSA) is 89.9 Å². The van der Waals surface area contributed by atoms with Gasteiger partial charge in [-0.1, -0.05) is 13.0 Å². The van der Waals surface area contributed by atoms with Crippen molar-refractivity contribution in [3.05, 3.63) is 12.7 Å². The van der Waals surface area contributed by atoms with Crippen molar-refractivity contribution in [2.24, 2.45) is 0 Å². The molecule has 0 aromatic carbocycles. The van der Waals surface area contributed by atoms with Crippen molar-refractivity contribution in [2.45, 2.75) is 25.9 Å². The van der Waals surface area contributed by atoms with Gasteiger partial charge in [0, 0.05) is 26.1 Å². The molecular formula is C11H20N2O4. The van der Waals surface area contributed by atoms with Crippen LogP contribution in [0, 0.1) is 0 Å². The van der Waals surface area contributed by atoms with Crippen LogP contribution in [-0.2, 0) is 4.79 Å². The Hall–Kier alpha value is -1.56. The van der Waals surface area contributed by atoms with E-state index in [0.29, 0.717) is 13.1 Å². The lowest BCUT2D eigenvalue weighted by atomic mass is 10.2. The minimum Gasteiger partial charge on any atom is -0.479 e. The number of hydrogen-bond donors (Lipinski definition) is 3. The maximum atomic E-state index is 11.6. The Morgan fingerprint density at radius 3 is 2.65 bits per heavy atom. The standard InChI is InChI=1S/C11H20N2O4/c1-3-7-13(8-4-2)11(17)12-6-5-9(14)10(15)16/h3,9,14H,1,4-8H2,2H3,(H,12,17)(H,15,16). The lowest BCUT2D eigenvalue weighted by Crippen LogP contribution is -2.41. The van der Waals surface area contributed by atoms with Gasteiger partial charge in [-0.3, -0.25) is 0 Å². The van der Waals surface area contributed by atoms with Crippen LogP contribution in [0.1, 0.15) is 19.8 Å². The SMILES string of the molecule is C=CCN(CCC)C(=O)NCCC(O)C(=O)O. The molecule has 0 saturated heterocycles. The smallest absolute Gasteiger partial charge is 0.332 e. The average molecular weight is 244 g/mol. The molecule has 0 fully saturated rings. The summed E-state index contributed by atoms with van der Waals surface area (Å²) < 4.78 is 0. The van der Waals surface area contributed by atoms with E-state index in [0.717, 1.165) is 6.42 Å². The van der Waals surface area contributed by atoms with Gasteiger partial charge in [0.1, 0.15) is 0 Å². The highest BCUT2D eigenvalue weighted by atomic mass is 16.4. The lowest BCUT2D eigenvalue weighted by Gasteiger charge is -2.21. The number of carbonyl (C=O) groups is 2. The number of aliphatic hydroxyl groups excluding tert-OH is 1. The fraction of sp³-hybridized carbons (Fsp3) is 0.636. The summed E-state index contributed by atoms with van der Waals surface area (Å²) in [6.07, 6.45) is 1.02. The van der Waals surface area contributed by atoms with Crippen LogP contribution in [0.15, 0.2) is 12.7 Å². The second-order valence-electron chi connectivity index (χ2n) is 3.61. The number of carboxylic acids is 1. The average Bonchev–Trinajstić information content (AvgIpc) is 2.28. The van der Waals surface area contributed by atoms with Crippen molar-refractivity contribution < 1.29 is 19.8 Å². The Bertz CT molecular complexity index is 268. The molecule has 0 spiro atoms. The van der Waals surface area contributed by atoms with Crippen LogP contribution in [0.4, 0.5) is 4.79 Å². The normalized spacial score (nSPS) is 11.6. The van der Waals surface area contributed by atoms with Crippen LogP contribution in [0.25, 0.3) is 0 Å². The van der Waals surface area contributed by atoms with Crippen molar-refractivity contribution in [2.75, 3.05) is 19.6 Å². The summed E-state index contributed by atoms with van der Waals surface area (Å²) in [5.41, 5.74) is 0. The number of urea groups is 1. The van der Waals surface area contributed by atoms with Crippen molar-refractivity contribution in [3.8, 4) is 0 Å². The molecule has 0 saturated carbocycles. The van der Waals surface area contributed by atoms with Crippen molar-refractivity contribution in [1.29, 1.82) is 0 Å². The predicted octanol–water partition coefficient (Wildman–Crippen LogP) is 0.430. The van der Waals surface area contributed by atoms with E-state index in [1.54, 1.807) is 11.0 Å². The third kappa shape index (κ3) is 6.57. The number of nitrogens with zero attached hydrogens (tertiary/aromatic N) is 1. The zero-order valence-corrected chi connectivity index (χ0v) is 10.1. The highest BCUT2D eigenvalue weighted by molar-refractivity contribution is 5.74. The monoisotopic (exact) mass is 244 g/mol. The van der Waals surface area contributed by atoms with Crippen molar-refractivity contribution >= 4 is 12.0 Å². The van der Waals surface area contributed by atoms with E-state index in [4.69, 9.17) is 10.2 Å². The molecule has 98 valence electrons. The van der Waals surface area contributed by atoms with E-state index in [-0.39, 0.29) is 19.0 Å². The zero-order valence-electron chi connectivity index (χ0n) is 10.1. The quantitative estimate of drug-likeness (QED) is 0.540. The van der Waals surface area contributed by atoms with Crippen LogP contribution in [0.5, 0.6) is 0 Å². The first-order valence-electron chi connectivity index (χ1n) is 5.57. The Morgan fingerprint density at radius 1 is 1.53 bits per heavy atom. The van der Waals surface area contributed by atoms with Gasteiger partial charge >= 0.3 is 12.0 Å². The molecule has 2 amide bonds. The number of aliphatic carboxylic acids is 1. The van der Waals surface area contributed by atoms with Gasteiger partial charge < -0.3 is 20.4 Å². The fourth-order valence-electron chi connectivity index (χ4n) is 1.25. The molecule has 3 N–H and O–H groups in total. The number of carbonyl (C=O) groups excluding carboxylic acids is 1. The number of nitrogens with one attached hydrogen (secondary N) is 1. The van der Waals surface area contributed by atoms with Crippen LogP contribution >= 0.6 is 0 Å². The molecule has 6 nitrogen and oxygen atoms in total. The van der Waals surface area contributed by atoms with E-state index in [9.17, 15) is 9.59 Å². The second-order valence-corrected chi connectivity index (χ2v) is 3.61. The van der Waals surface area contributed by atoms with Gasteiger partial charge in [-0.25, -0.2) is 9.59 Å². The molecule has 0 aliphatic heterocycles. The Balaban J connectivity index is 3.96. The summed E-state index contributed by atoms with van der Waals surface area (Å²) in [4.78, 5) is 23.5. The van der Waals surface area contributed by atoms with E-state index < -0.39 is 12.1 Å². The fourth-order valence-corrected chi connectivity index (χ4v) is 1.25. The van der Waals surface area contributed by atoms with E-state index in [1.165, 1.54) is 0 Å². The summed E-state index contributed by atoms with van der Waals surface area (Å²) in [5, 5.41) is 20.0. The number of aliphatic hydroxyl groups is 1. The minimum atomic E-state index is -1.44. The van der Waals surface area contributed by atoms with Gasteiger partial charge in [-0.2, -0.15) is 0 Å². The number of amides is 2. The minimum absolute atomic E-state index is 0.00483. The van der Waals surface area contributed by atoms with E-state index >= 15 is 0 Å². The molecule has 0 bridgehead atoms. The Morgan fingerprint density at radius 2 is 2.18 bits per heavy atom. The van der Waals surface area contributed by atoms with Crippen LogP contribution < -0.4 is 5.32 Å². The summed E-state index contributed by atoms with van der Waals surface area (Å²) in [6, 6.07) is -0.274. The third-order valence-electron chi connectivity index (χ3n) is 2.11. The highest BCUT2D eigenvalue weighted by Crippen LogP contribution is 1.94. The first-order chi connectivity index (χ1) is 8.02.